The van der Waals surface area contributed by atoms with Gasteiger partial charge in [0.1, 0.15) is 17.0 Å². The molecule has 0 aliphatic carbocycles. The van der Waals surface area contributed by atoms with Crippen LogP contribution >= 0.6 is 0 Å². The number of likely N-dealkylation sites (tertiary alicyclic amines) is 2. The summed E-state index contributed by atoms with van der Waals surface area (Å²) in [5.74, 6) is 1.61. The van der Waals surface area contributed by atoms with E-state index < -0.39 is 0 Å². The van der Waals surface area contributed by atoms with Gasteiger partial charge in [0.2, 0.25) is 5.91 Å². The highest BCUT2D eigenvalue weighted by Crippen LogP contribution is 2.37. The number of aromatic amines is 1. The van der Waals surface area contributed by atoms with Gasteiger partial charge in [0.25, 0.3) is 0 Å². The molecule has 0 saturated carbocycles. The summed E-state index contributed by atoms with van der Waals surface area (Å²) in [6.07, 6.45) is 6.47. The molecule has 2 fully saturated rings. The number of nitrogens with one attached hydrogen (secondary N) is 1. The maximum Gasteiger partial charge on any atom is 0.225 e. The lowest BCUT2D eigenvalue weighted by Gasteiger charge is -2.41. The Balaban J connectivity index is 1.48. The summed E-state index contributed by atoms with van der Waals surface area (Å²) in [7, 11) is 0. The van der Waals surface area contributed by atoms with Gasteiger partial charge in [-0.2, -0.15) is 5.26 Å². The molecule has 5 heterocycles. The smallest absolute Gasteiger partial charge is 0.225 e. The fraction of sp³-hybridized carbons (Fsp3) is 0.565. The average Bonchev–Trinajstić information content (AvgIpc) is 3.35. The van der Waals surface area contributed by atoms with Crippen LogP contribution in [0.15, 0.2) is 18.5 Å². The molecular formula is C23H29N7O. The van der Waals surface area contributed by atoms with Gasteiger partial charge >= 0.3 is 0 Å². The number of hydrogen-bond donors (Lipinski definition) is 1. The molecule has 31 heavy (non-hydrogen) atoms. The van der Waals surface area contributed by atoms with E-state index in [2.05, 4.69) is 31.6 Å². The predicted octanol–water partition coefficient (Wildman–Crippen LogP) is 3.04. The van der Waals surface area contributed by atoms with Crippen LogP contribution in [0.2, 0.25) is 0 Å². The fourth-order valence-corrected chi connectivity index (χ4v) is 5.06. The second kappa shape index (κ2) is 7.97. The van der Waals surface area contributed by atoms with E-state index in [0.29, 0.717) is 12.5 Å². The first-order valence-electron chi connectivity index (χ1n) is 11.3. The molecule has 3 aromatic heterocycles. The topological polar surface area (TPSA) is 93.8 Å². The Bertz CT molecular complexity index is 1140. The number of amides is 1. The third kappa shape index (κ3) is 3.47. The third-order valence-corrected chi connectivity index (χ3v) is 6.78. The van der Waals surface area contributed by atoms with E-state index >= 15 is 0 Å². The summed E-state index contributed by atoms with van der Waals surface area (Å²) in [6.45, 7) is 8.24. The minimum atomic E-state index is 0.0289. The first kappa shape index (κ1) is 20.0. The number of imidazole rings is 1. The lowest BCUT2D eigenvalue weighted by molar-refractivity contribution is -0.139. The van der Waals surface area contributed by atoms with E-state index in [9.17, 15) is 4.79 Å². The van der Waals surface area contributed by atoms with Gasteiger partial charge in [-0.1, -0.05) is 13.8 Å². The molecule has 0 atom stereocenters. The highest BCUT2D eigenvalue weighted by atomic mass is 16.2. The van der Waals surface area contributed by atoms with Crippen LogP contribution in [0.3, 0.4) is 0 Å². The molecule has 2 aliphatic heterocycles. The van der Waals surface area contributed by atoms with Gasteiger partial charge in [0.05, 0.1) is 23.7 Å². The minimum absolute atomic E-state index is 0.0289. The van der Waals surface area contributed by atoms with Crippen LogP contribution in [0.1, 0.15) is 50.9 Å². The van der Waals surface area contributed by atoms with Gasteiger partial charge in [-0.3, -0.25) is 4.79 Å². The van der Waals surface area contributed by atoms with Crippen molar-refractivity contribution in [1.29, 1.82) is 5.26 Å². The third-order valence-electron chi connectivity index (χ3n) is 6.78. The second-order valence-corrected chi connectivity index (χ2v) is 9.15. The zero-order valence-corrected chi connectivity index (χ0v) is 18.2. The van der Waals surface area contributed by atoms with Crippen molar-refractivity contribution in [3.63, 3.8) is 0 Å². The number of pyridine rings is 1. The van der Waals surface area contributed by atoms with Crippen molar-refractivity contribution in [3.05, 3.63) is 24.3 Å². The SMILES string of the molecule is CC(C)C(=O)N1CC(c2nc3cnc4[nH]ccc4c3n2C2CCN(CCC#N)CC2)C1. The molecule has 1 amide bonds. The van der Waals surface area contributed by atoms with Gasteiger partial charge in [0, 0.05) is 62.7 Å². The van der Waals surface area contributed by atoms with Crippen molar-refractivity contribution < 1.29 is 4.79 Å². The lowest BCUT2D eigenvalue weighted by Crippen LogP contribution is -2.51. The Morgan fingerprint density at radius 3 is 2.81 bits per heavy atom. The van der Waals surface area contributed by atoms with Crippen LogP contribution in [0.25, 0.3) is 22.1 Å². The molecule has 8 nitrogen and oxygen atoms in total. The van der Waals surface area contributed by atoms with Crippen molar-refractivity contribution in [2.45, 2.75) is 45.1 Å². The lowest BCUT2D eigenvalue weighted by atomic mass is 9.95. The molecule has 5 rings (SSSR count). The van der Waals surface area contributed by atoms with E-state index in [1.54, 1.807) is 0 Å². The number of hydrogen-bond acceptors (Lipinski definition) is 5. The van der Waals surface area contributed by atoms with Gasteiger partial charge < -0.3 is 19.4 Å². The van der Waals surface area contributed by atoms with Crippen LogP contribution in [0.4, 0.5) is 0 Å². The number of piperidine rings is 1. The van der Waals surface area contributed by atoms with Crippen LogP contribution in [-0.4, -0.2) is 67.9 Å². The molecule has 8 heteroatoms. The van der Waals surface area contributed by atoms with Gasteiger partial charge in [0.15, 0.2) is 0 Å². The number of fused-ring (bicyclic) bond motifs is 3. The predicted molar refractivity (Wildman–Crippen MR) is 118 cm³/mol. The van der Waals surface area contributed by atoms with Crippen molar-refractivity contribution >= 4 is 28.0 Å². The Kier molecular flexibility index (Phi) is 5.14. The normalized spacial score (nSPS) is 18.7. The molecule has 0 aromatic carbocycles. The highest BCUT2D eigenvalue weighted by molar-refractivity contribution is 6.01. The van der Waals surface area contributed by atoms with Crippen LogP contribution in [-0.2, 0) is 4.79 Å². The van der Waals surface area contributed by atoms with Crippen LogP contribution in [0, 0.1) is 17.2 Å². The van der Waals surface area contributed by atoms with E-state index in [1.807, 2.05) is 31.1 Å². The summed E-state index contributed by atoms with van der Waals surface area (Å²) >= 11 is 0. The van der Waals surface area contributed by atoms with Crippen molar-refractivity contribution in [2.75, 3.05) is 32.7 Å². The van der Waals surface area contributed by atoms with E-state index in [4.69, 9.17) is 10.2 Å². The quantitative estimate of drug-likeness (QED) is 0.686. The number of nitriles is 1. The number of H-pyrrole nitrogens is 1. The summed E-state index contributed by atoms with van der Waals surface area (Å²) in [5.41, 5.74) is 2.98. The first-order valence-corrected chi connectivity index (χ1v) is 11.3. The maximum atomic E-state index is 12.4. The van der Waals surface area contributed by atoms with Gasteiger partial charge in [-0.15, -0.1) is 0 Å². The molecule has 3 aromatic rings. The van der Waals surface area contributed by atoms with Gasteiger partial charge in [-0.05, 0) is 18.9 Å². The fourth-order valence-electron chi connectivity index (χ4n) is 5.06. The summed E-state index contributed by atoms with van der Waals surface area (Å²) in [6, 6.07) is 4.71. The number of carbonyl (C=O) groups is 1. The summed E-state index contributed by atoms with van der Waals surface area (Å²) in [4.78, 5) is 29.5. The number of carbonyl (C=O) groups excluding carboxylic acids is 1. The Labute approximate surface area is 181 Å². The maximum absolute atomic E-state index is 12.4. The molecule has 2 aliphatic rings. The molecule has 162 valence electrons. The van der Waals surface area contributed by atoms with E-state index in [-0.39, 0.29) is 17.7 Å². The number of rotatable bonds is 5. The van der Waals surface area contributed by atoms with Crippen molar-refractivity contribution in [2.24, 2.45) is 5.92 Å². The van der Waals surface area contributed by atoms with Gasteiger partial charge in [-0.25, -0.2) is 9.97 Å². The Morgan fingerprint density at radius 1 is 1.32 bits per heavy atom. The average molecular weight is 420 g/mol. The number of aromatic nitrogens is 4. The first-order chi connectivity index (χ1) is 15.1. The zero-order chi connectivity index (χ0) is 21.5. The Hall–Kier alpha value is -2.92. The number of nitrogens with zero attached hydrogens (tertiary/aromatic N) is 6. The van der Waals surface area contributed by atoms with Crippen LogP contribution < -0.4 is 0 Å². The molecule has 0 unspecified atom stereocenters. The highest BCUT2D eigenvalue weighted by Gasteiger charge is 2.37. The second-order valence-electron chi connectivity index (χ2n) is 9.15. The Morgan fingerprint density at radius 2 is 2.10 bits per heavy atom. The summed E-state index contributed by atoms with van der Waals surface area (Å²) in [5, 5.41) is 10.0. The molecular weight excluding hydrogens is 390 g/mol. The summed E-state index contributed by atoms with van der Waals surface area (Å²) < 4.78 is 2.46. The monoisotopic (exact) mass is 419 g/mol. The molecule has 0 radical (unpaired) electrons. The zero-order valence-electron chi connectivity index (χ0n) is 18.2. The molecule has 0 spiro atoms. The van der Waals surface area contributed by atoms with Crippen LogP contribution in [0.5, 0.6) is 0 Å². The molecule has 2 saturated heterocycles. The van der Waals surface area contributed by atoms with E-state index in [1.165, 1.54) is 0 Å². The standard InChI is InChI=1S/C23H29N7O/c1-15(2)23(31)29-13-16(14-29)22-27-19-12-26-21-18(4-8-25-21)20(19)30(22)17-5-10-28(11-6-17)9-3-7-24/h4,8,12,15-17H,3,5-6,9-11,13-14H2,1-2H3,(H,25,26). The largest absolute Gasteiger partial charge is 0.346 e. The van der Waals surface area contributed by atoms with Crippen molar-refractivity contribution in [1.82, 2.24) is 29.3 Å². The molecule has 1 N–H and O–H groups in total. The minimum Gasteiger partial charge on any atom is -0.346 e. The van der Waals surface area contributed by atoms with E-state index in [0.717, 1.165) is 73.5 Å². The molecule has 0 bridgehead atoms. The van der Waals surface area contributed by atoms with Crippen molar-refractivity contribution in [3.8, 4) is 6.07 Å².